The molecule has 0 heterocycles. The van der Waals surface area contributed by atoms with E-state index in [0.717, 1.165) is 11.4 Å². The van der Waals surface area contributed by atoms with Crippen molar-refractivity contribution in [3.05, 3.63) is 40.2 Å². The normalized spacial score (nSPS) is 18.3. The van der Waals surface area contributed by atoms with Gasteiger partial charge >= 0.3 is 0 Å². The van der Waals surface area contributed by atoms with Crippen LogP contribution in [-0.4, -0.2) is 12.3 Å². The van der Waals surface area contributed by atoms with Crippen molar-refractivity contribution in [1.82, 2.24) is 0 Å². The Labute approximate surface area is 135 Å². The molecule has 0 amide bonds. The predicted octanol–water partition coefficient (Wildman–Crippen LogP) is 3.17. The first kappa shape index (κ1) is 16.2. The van der Waals surface area contributed by atoms with E-state index in [-0.39, 0.29) is 0 Å². The van der Waals surface area contributed by atoms with Crippen molar-refractivity contribution in [2.24, 2.45) is 11.1 Å². The van der Waals surface area contributed by atoms with Gasteiger partial charge in [-0.25, -0.2) is 4.99 Å². The first-order chi connectivity index (χ1) is 9.88. The Morgan fingerprint density at radius 3 is 2.67 bits per heavy atom. The summed E-state index contributed by atoms with van der Waals surface area (Å²) in [5.74, 6) is 0.424. The topological polar surface area (TPSA) is 49.2 Å². The van der Waals surface area contributed by atoms with Gasteiger partial charge in [-0.05, 0) is 18.9 Å². The van der Waals surface area contributed by atoms with Crippen LogP contribution >= 0.6 is 23.2 Å². The summed E-state index contributed by atoms with van der Waals surface area (Å²) in [5.41, 5.74) is 7.93. The summed E-state index contributed by atoms with van der Waals surface area (Å²) in [6.07, 6.45) is 5.49. The van der Waals surface area contributed by atoms with Crippen molar-refractivity contribution in [2.45, 2.75) is 33.1 Å². The van der Waals surface area contributed by atoms with Crippen LogP contribution in [0.2, 0.25) is 10.0 Å². The smallest absolute Gasteiger partial charge is 0.205 e. The monoisotopic (exact) mass is 327 g/mol. The first-order valence-electron chi connectivity index (χ1n) is 7.04. The van der Waals surface area contributed by atoms with Gasteiger partial charge in [0.25, 0.3) is 0 Å². The van der Waals surface area contributed by atoms with Gasteiger partial charge < -0.3 is 10.5 Å². The molecule has 0 radical (unpaired) electrons. The zero-order valence-electron chi connectivity index (χ0n) is 12.4. The third-order valence-corrected chi connectivity index (χ3v) is 4.51. The largest absolute Gasteiger partial charge is 0.479 e. The molecule has 0 aromatic heterocycles. The molecule has 3 nitrogen and oxygen atoms in total. The zero-order valence-corrected chi connectivity index (χ0v) is 13.9. The van der Waals surface area contributed by atoms with Gasteiger partial charge in [0, 0.05) is 24.5 Å². The van der Waals surface area contributed by atoms with Gasteiger partial charge in [0.05, 0.1) is 22.7 Å². The summed E-state index contributed by atoms with van der Waals surface area (Å²) < 4.78 is 5.63. The van der Waals surface area contributed by atoms with E-state index in [1.807, 2.05) is 13.0 Å². The van der Waals surface area contributed by atoms with Gasteiger partial charge in [0.2, 0.25) is 5.69 Å². The Morgan fingerprint density at radius 2 is 2.10 bits per heavy atom. The van der Waals surface area contributed by atoms with E-state index < -0.39 is 0 Å². The predicted molar refractivity (Wildman–Crippen MR) is 87.9 cm³/mol. The third kappa shape index (κ3) is 4.65. The molecule has 0 unspecified atom stereocenters. The lowest BCUT2D eigenvalue weighted by Gasteiger charge is -2.37. The number of allylic oxidation sites excluding steroid dienone is 1. The number of rotatable bonds is 5. The zero-order chi connectivity index (χ0) is 15.5. The molecule has 0 atom stereocenters. The average molecular weight is 328 g/mol. The van der Waals surface area contributed by atoms with Crippen LogP contribution in [0.4, 0.5) is 5.69 Å². The molecule has 5 heteroatoms. The Balaban J connectivity index is 1.97. The highest BCUT2D eigenvalue weighted by molar-refractivity contribution is 6.42. The van der Waals surface area contributed by atoms with Gasteiger partial charge in [-0.3, -0.25) is 0 Å². The van der Waals surface area contributed by atoms with Gasteiger partial charge in [-0.1, -0.05) is 36.5 Å². The van der Waals surface area contributed by atoms with Crippen molar-refractivity contribution in [2.75, 3.05) is 6.61 Å². The molecule has 21 heavy (non-hydrogen) atoms. The number of nitrogens with one attached hydrogen (secondary N) is 1. The molecular weight excluding hydrogens is 307 g/mol. The fourth-order valence-corrected chi connectivity index (χ4v) is 2.57. The van der Waals surface area contributed by atoms with Crippen LogP contribution < -0.4 is 10.7 Å². The minimum Gasteiger partial charge on any atom is -0.479 e. The molecule has 1 aromatic carbocycles. The quantitative estimate of drug-likeness (QED) is 0.644. The summed E-state index contributed by atoms with van der Waals surface area (Å²) in [6, 6.07) is 5.38. The van der Waals surface area contributed by atoms with E-state index in [1.54, 1.807) is 18.2 Å². The number of hydrogen-bond donors (Lipinski definition) is 2. The molecule has 3 N–H and O–H groups in total. The lowest BCUT2D eigenvalue weighted by molar-refractivity contribution is -0.353. The molecule has 0 spiro atoms. The molecule has 1 saturated carbocycles. The van der Waals surface area contributed by atoms with E-state index in [1.165, 1.54) is 19.3 Å². The summed E-state index contributed by atoms with van der Waals surface area (Å²) in [6.45, 7) is 4.83. The minimum atomic E-state index is 0.295. The maximum atomic E-state index is 5.98. The Kier molecular flexibility index (Phi) is 5.17. The van der Waals surface area contributed by atoms with Gasteiger partial charge in [-0.15, -0.1) is 0 Å². The molecule has 0 aliphatic heterocycles. The summed E-state index contributed by atoms with van der Waals surface area (Å²) >= 11 is 11.9. The molecule has 1 aliphatic rings. The Morgan fingerprint density at radius 1 is 1.38 bits per heavy atom. The van der Waals surface area contributed by atoms with Crippen molar-refractivity contribution >= 4 is 34.6 Å². The Hall–Kier alpha value is -1.19. The van der Waals surface area contributed by atoms with E-state index >= 15 is 0 Å². The number of ether oxygens (including phenoxy) is 1. The van der Waals surface area contributed by atoms with Crippen LogP contribution in [0.25, 0.3) is 0 Å². The van der Waals surface area contributed by atoms with Crippen LogP contribution in [0.1, 0.15) is 33.1 Å². The first-order valence-corrected chi connectivity index (χ1v) is 7.79. The van der Waals surface area contributed by atoms with Crippen LogP contribution in [0.15, 0.2) is 30.2 Å². The number of halogens is 2. The van der Waals surface area contributed by atoms with Crippen molar-refractivity contribution < 1.29 is 9.73 Å². The highest BCUT2D eigenvalue weighted by Crippen LogP contribution is 2.40. The fraction of sp³-hybridized carbons (Fsp3) is 0.438. The molecule has 1 fully saturated rings. The minimum absolute atomic E-state index is 0.295. The molecule has 114 valence electrons. The summed E-state index contributed by atoms with van der Waals surface area (Å²) in [4.78, 5) is 3.20. The van der Waals surface area contributed by atoms with E-state index in [4.69, 9.17) is 33.7 Å². The van der Waals surface area contributed by atoms with Gasteiger partial charge in [0.1, 0.15) is 0 Å². The van der Waals surface area contributed by atoms with Gasteiger partial charge in [-0.2, -0.15) is 0 Å². The molecule has 1 aromatic rings. The van der Waals surface area contributed by atoms with Crippen LogP contribution in [0, 0.1) is 5.41 Å². The third-order valence-electron chi connectivity index (χ3n) is 3.77. The van der Waals surface area contributed by atoms with Crippen molar-refractivity contribution in [1.29, 1.82) is 0 Å². The van der Waals surface area contributed by atoms with E-state index in [0.29, 0.717) is 28.0 Å². The second-order valence-electron chi connectivity index (χ2n) is 5.94. The van der Waals surface area contributed by atoms with Crippen LogP contribution in [0.3, 0.4) is 0 Å². The summed E-state index contributed by atoms with van der Waals surface area (Å²) in [7, 11) is 0. The standard InChI is InChI=1S/C16H20Cl2N2O/c1-11(20-12-4-5-13(17)14(18)9-12)8-15(19)21-10-16(2)6-3-7-16/h4-5,8-9H,3,6-7,10,19H2,1-2H3/p+1. The van der Waals surface area contributed by atoms with E-state index in [9.17, 15) is 0 Å². The summed E-state index contributed by atoms with van der Waals surface area (Å²) in [5, 5.41) is 1.05. The second-order valence-corrected chi connectivity index (χ2v) is 6.75. The highest BCUT2D eigenvalue weighted by Gasteiger charge is 2.32. The fourth-order valence-electron chi connectivity index (χ4n) is 2.27. The number of benzene rings is 1. The lowest BCUT2D eigenvalue weighted by atomic mass is 9.71. The number of nitrogens with two attached hydrogens (primary N) is 1. The lowest BCUT2D eigenvalue weighted by Crippen LogP contribution is -2.65. The molecule has 0 bridgehead atoms. The van der Waals surface area contributed by atoms with Gasteiger partial charge in [0.15, 0.2) is 11.6 Å². The van der Waals surface area contributed by atoms with E-state index in [2.05, 4.69) is 11.9 Å². The highest BCUT2D eigenvalue weighted by atomic mass is 35.5. The maximum absolute atomic E-state index is 5.98. The Bertz CT molecular complexity index is 578. The van der Waals surface area contributed by atoms with Crippen molar-refractivity contribution in [3.8, 4) is 0 Å². The molecule has 1 aliphatic carbocycles. The number of hydrogen-bond acceptors (Lipinski definition) is 2. The van der Waals surface area contributed by atoms with Crippen LogP contribution in [-0.2, 0) is 4.74 Å². The maximum Gasteiger partial charge on any atom is 0.205 e. The van der Waals surface area contributed by atoms with Crippen LogP contribution in [0.5, 0.6) is 0 Å². The average Bonchev–Trinajstić information content (AvgIpc) is 2.38. The second kappa shape index (κ2) is 6.71. The SMILES string of the molecule is CC(C=C(N)OCC1(C)CCC1)=[NH+]c1ccc(Cl)c(Cl)c1. The van der Waals surface area contributed by atoms with Crippen molar-refractivity contribution in [3.63, 3.8) is 0 Å². The molecular formula is C16H21Cl2N2O+. The molecule has 0 saturated heterocycles. The molecule has 2 rings (SSSR count).